The Kier molecular flexibility index (Phi) is 1.56. The Morgan fingerprint density at radius 3 is 2.87 bits per heavy atom. The van der Waals surface area contributed by atoms with E-state index in [1.54, 1.807) is 0 Å². The van der Waals surface area contributed by atoms with Crippen LogP contribution in [-0.2, 0) is 0 Å². The van der Waals surface area contributed by atoms with Gasteiger partial charge in [0.25, 0.3) is 0 Å². The van der Waals surface area contributed by atoms with Crippen LogP contribution in [0, 0.1) is 0 Å². The minimum atomic E-state index is -0.444. The van der Waals surface area contributed by atoms with Crippen molar-refractivity contribution in [2.24, 2.45) is 0 Å². The van der Waals surface area contributed by atoms with Crippen molar-refractivity contribution in [1.29, 1.82) is 0 Å². The minimum absolute atomic E-state index is 0.239. The predicted octanol–water partition coefficient (Wildman–Crippen LogP) is 0.778. The van der Waals surface area contributed by atoms with Crippen LogP contribution in [0.5, 0.6) is 0 Å². The van der Waals surface area contributed by atoms with Crippen LogP contribution >= 0.6 is 0 Å². The van der Waals surface area contributed by atoms with Gasteiger partial charge in [-0.3, -0.25) is 4.98 Å². The van der Waals surface area contributed by atoms with Crippen LogP contribution in [0.15, 0.2) is 16.9 Å². The van der Waals surface area contributed by atoms with Crippen molar-refractivity contribution < 1.29 is 0 Å². The van der Waals surface area contributed by atoms with Crippen molar-refractivity contribution in [2.75, 3.05) is 5.73 Å². The molecule has 2 heterocycles. The molecule has 3 rings (SSSR count). The van der Waals surface area contributed by atoms with Crippen molar-refractivity contribution >= 4 is 16.9 Å². The summed E-state index contributed by atoms with van der Waals surface area (Å²) in [6.45, 7) is 0. The highest BCUT2D eigenvalue weighted by Gasteiger charge is 2.25. The molecule has 5 heteroatoms. The normalized spacial score (nSPS) is 15.7. The van der Waals surface area contributed by atoms with Crippen molar-refractivity contribution in [3.05, 3.63) is 28.3 Å². The van der Waals surface area contributed by atoms with Crippen LogP contribution in [0.25, 0.3) is 11.0 Å². The lowest BCUT2D eigenvalue weighted by molar-refractivity contribution is 1.02. The molecule has 76 valence electrons. The standard InChI is InChI=1S/C10H10N4O/c11-8-6-3-4-7(5-1-2-5)12-9(6)14-10(15)13-8/h3-5H,1-2H2,(H3,11,12,13,14,15). The third-order valence-corrected chi connectivity index (χ3v) is 2.64. The van der Waals surface area contributed by atoms with E-state index in [2.05, 4.69) is 15.0 Å². The SMILES string of the molecule is Nc1nc(=O)[nH]c2nc(C3CC3)ccc12. The zero-order chi connectivity index (χ0) is 10.4. The van der Waals surface area contributed by atoms with E-state index in [1.807, 2.05) is 12.1 Å². The molecule has 5 nitrogen and oxygen atoms in total. The first-order valence-corrected chi connectivity index (χ1v) is 4.90. The maximum atomic E-state index is 11.1. The molecule has 0 radical (unpaired) electrons. The van der Waals surface area contributed by atoms with Gasteiger partial charge in [-0.05, 0) is 25.0 Å². The van der Waals surface area contributed by atoms with E-state index in [4.69, 9.17) is 5.73 Å². The van der Waals surface area contributed by atoms with E-state index in [-0.39, 0.29) is 5.82 Å². The summed E-state index contributed by atoms with van der Waals surface area (Å²) < 4.78 is 0. The number of aromatic amines is 1. The minimum Gasteiger partial charge on any atom is -0.383 e. The zero-order valence-corrected chi connectivity index (χ0v) is 8.03. The molecule has 0 saturated heterocycles. The molecular weight excluding hydrogens is 192 g/mol. The third-order valence-electron chi connectivity index (χ3n) is 2.64. The number of nitrogens with zero attached hydrogens (tertiary/aromatic N) is 2. The van der Waals surface area contributed by atoms with Crippen LogP contribution in [-0.4, -0.2) is 15.0 Å². The van der Waals surface area contributed by atoms with Gasteiger partial charge in [0.1, 0.15) is 11.5 Å². The molecule has 2 aromatic rings. The van der Waals surface area contributed by atoms with Gasteiger partial charge in [-0.25, -0.2) is 9.78 Å². The molecule has 0 aliphatic heterocycles. The molecule has 1 saturated carbocycles. The van der Waals surface area contributed by atoms with E-state index in [0.717, 1.165) is 5.69 Å². The van der Waals surface area contributed by atoms with Gasteiger partial charge in [0.15, 0.2) is 0 Å². The Morgan fingerprint density at radius 1 is 1.33 bits per heavy atom. The fourth-order valence-electron chi connectivity index (χ4n) is 1.68. The highest BCUT2D eigenvalue weighted by molar-refractivity contribution is 5.84. The largest absolute Gasteiger partial charge is 0.383 e. The summed E-state index contributed by atoms with van der Waals surface area (Å²) in [6.07, 6.45) is 2.37. The lowest BCUT2D eigenvalue weighted by atomic mass is 10.2. The number of aromatic nitrogens is 3. The number of nitrogens with two attached hydrogens (primary N) is 1. The van der Waals surface area contributed by atoms with Gasteiger partial charge in [-0.2, -0.15) is 4.98 Å². The zero-order valence-electron chi connectivity index (χ0n) is 8.03. The summed E-state index contributed by atoms with van der Waals surface area (Å²) in [4.78, 5) is 21.7. The highest BCUT2D eigenvalue weighted by Crippen LogP contribution is 2.39. The number of rotatable bonds is 1. The first kappa shape index (κ1) is 8.40. The number of fused-ring (bicyclic) bond motifs is 1. The first-order valence-electron chi connectivity index (χ1n) is 4.90. The van der Waals surface area contributed by atoms with Crippen LogP contribution in [0.1, 0.15) is 24.5 Å². The molecule has 2 aromatic heterocycles. The number of nitrogen functional groups attached to an aromatic ring is 1. The van der Waals surface area contributed by atoms with Crippen molar-refractivity contribution in [1.82, 2.24) is 15.0 Å². The van der Waals surface area contributed by atoms with Crippen LogP contribution in [0.3, 0.4) is 0 Å². The molecule has 1 fully saturated rings. The van der Waals surface area contributed by atoms with Crippen LogP contribution in [0.4, 0.5) is 5.82 Å². The number of pyridine rings is 1. The molecule has 15 heavy (non-hydrogen) atoms. The fourth-order valence-corrected chi connectivity index (χ4v) is 1.68. The Hall–Kier alpha value is -1.91. The molecule has 3 N–H and O–H groups in total. The van der Waals surface area contributed by atoms with Crippen LogP contribution < -0.4 is 11.4 Å². The quantitative estimate of drug-likeness (QED) is 0.715. The first-order chi connectivity index (χ1) is 7.24. The molecular formula is C10H10N4O. The molecule has 0 unspecified atom stereocenters. The van der Waals surface area contributed by atoms with Gasteiger partial charge in [0.05, 0.1) is 5.39 Å². The highest BCUT2D eigenvalue weighted by atomic mass is 16.1. The maximum absolute atomic E-state index is 11.1. The van der Waals surface area contributed by atoms with E-state index in [1.165, 1.54) is 12.8 Å². The molecule has 0 spiro atoms. The second-order valence-corrected chi connectivity index (χ2v) is 3.83. The van der Waals surface area contributed by atoms with Gasteiger partial charge < -0.3 is 5.73 Å². The smallest absolute Gasteiger partial charge is 0.348 e. The number of hydrogen-bond acceptors (Lipinski definition) is 4. The molecule has 0 aromatic carbocycles. The summed E-state index contributed by atoms with van der Waals surface area (Å²) in [7, 11) is 0. The average Bonchev–Trinajstić information content (AvgIpc) is 2.99. The average molecular weight is 202 g/mol. The lowest BCUT2D eigenvalue weighted by Crippen LogP contribution is -2.13. The summed E-state index contributed by atoms with van der Waals surface area (Å²) in [5.74, 6) is 0.802. The van der Waals surface area contributed by atoms with Gasteiger partial charge in [0.2, 0.25) is 0 Å². The molecule has 0 amide bonds. The summed E-state index contributed by atoms with van der Waals surface area (Å²) >= 11 is 0. The molecule has 0 bridgehead atoms. The molecule has 0 atom stereocenters. The fraction of sp³-hybridized carbons (Fsp3) is 0.300. The van der Waals surface area contributed by atoms with E-state index in [9.17, 15) is 4.79 Å². The summed E-state index contributed by atoms with van der Waals surface area (Å²) in [5.41, 5.74) is 6.75. The second-order valence-electron chi connectivity index (χ2n) is 3.83. The van der Waals surface area contributed by atoms with E-state index in [0.29, 0.717) is 17.0 Å². The monoisotopic (exact) mass is 202 g/mol. The number of nitrogens with one attached hydrogen (secondary N) is 1. The summed E-state index contributed by atoms with van der Waals surface area (Å²) in [5, 5.41) is 0.707. The van der Waals surface area contributed by atoms with Crippen molar-refractivity contribution in [2.45, 2.75) is 18.8 Å². The molecule has 1 aliphatic rings. The number of hydrogen-bond donors (Lipinski definition) is 2. The molecule has 1 aliphatic carbocycles. The topological polar surface area (TPSA) is 84.7 Å². The second kappa shape index (κ2) is 2.79. The van der Waals surface area contributed by atoms with Crippen LogP contribution in [0.2, 0.25) is 0 Å². The number of anilines is 1. The lowest BCUT2D eigenvalue weighted by Gasteiger charge is -2.02. The maximum Gasteiger partial charge on any atom is 0.348 e. The van der Waals surface area contributed by atoms with E-state index < -0.39 is 5.69 Å². The van der Waals surface area contributed by atoms with Crippen molar-refractivity contribution in [3.8, 4) is 0 Å². The summed E-state index contributed by atoms with van der Waals surface area (Å²) in [6, 6.07) is 3.82. The Balaban J connectivity index is 2.29. The third kappa shape index (κ3) is 1.36. The van der Waals surface area contributed by atoms with Gasteiger partial charge in [0, 0.05) is 11.6 Å². The Morgan fingerprint density at radius 2 is 2.13 bits per heavy atom. The van der Waals surface area contributed by atoms with Gasteiger partial charge in [-0.1, -0.05) is 0 Å². The Bertz CT molecular complexity index is 585. The van der Waals surface area contributed by atoms with E-state index >= 15 is 0 Å². The Labute approximate surface area is 85.4 Å². The van der Waals surface area contributed by atoms with Crippen molar-refractivity contribution in [3.63, 3.8) is 0 Å². The van der Waals surface area contributed by atoms with Gasteiger partial charge >= 0.3 is 5.69 Å². The van der Waals surface area contributed by atoms with Gasteiger partial charge in [-0.15, -0.1) is 0 Å². The number of H-pyrrole nitrogens is 1. The predicted molar refractivity (Wildman–Crippen MR) is 56.5 cm³/mol.